The normalized spacial score (nSPS) is 26.3. The van der Waals surface area contributed by atoms with Gasteiger partial charge in [-0.15, -0.1) is 10.2 Å². The molecule has 15 heteroatoms. The Bertz CT molecular complexity index is 2670. The fourth-order valence-corrected chi connectivity index (χ4v) is 15.2. The monoisotopic (exact) mass is 931 g/mol. The van der Waals surface area contributed by atoms with Crippen LogP contribution in [-0.2, 0) is 22.4 Å². The number of hydrogen-bond acceptors (Lipinski definition) is 13. The lowest BCUT2D eigenvalue weighted by molar-refractivity contribution is -0.248. The first-order valence-electron chi connectivity index (χ1n) is 24.3. The van der Waals surface area contributed by atoms with Crippen LogP contribution in [0.25, 0.3) is 21.3 Å². The third kappa shape index (κ3) is 8.33. The van der Waals surface area contributed by atoms with E-state index in [0.717, 1.165) is 101 Å². The summed E-state index contributed by atoms with van der Waals surface area (Å²) in [6, 6.07) is 10.2. The molecule has 5 fully saturated rings. The SMILES string of the molecule is COC(=O)c1nc(N2CCCc3c2nnc(Nc2nc4cc(O[Si](C)(C)C(C)(C)C)ccc4s2)c3C)ccc1-c1cnn(CC23CC4(C)CC(C)(C2)CC(OCCN2CCCC2)(C4)C3)c1C. The minimum Gasteiger partial charge on any atom is -0.543 e. The molecule has 4 aromatic heterocycles. The van der Waals surface area contributed by atoms with Crippen LogP contribution in [0.3, 0.4) is 0 Å². The second kappa shape index (κ2) is 16.4. The number of rotatable bonds is 13. The minimum atomic E-state index is -1.99. The average molecular weight is 932 g/mol. The van der Waals surface area contributed by atoms with Gasteiger partial charge in [-0.25, -0.2) is 14.8 Å². The molecule has 5 aromatic rings. The third-order valence-electron chi connectivity index (χ3n) is 16.2. The molecule has 0 radical (unpaired) electrons. The highest BCUT2D eigenvalue weighted by atomic mass is 32.1. The molecule has 4 aliphatic carbocycles. The Hall–Kier alpha value is -4.44. The molecule has 6 heterocycles. The lowest BCUT2D eigenvalue weighted by Crippen LogP contribution is -2.64. The third-order valence-corrected chi connectivity index (χ3v) is 21.5. The summed E-state index contributed by atoms with van der Waals surface area (Å²) in [5, 5.41) is 18.9. The average Bonchev–Trinajstić information content (AvgIpc) is 3.99. The van der Waals surface area contributed by atoms with Gasteiger partial charge in [0.25, 0.3) is 0 Å². The van der Waals surface area contributed by atoms with E-state index in [4.69, 9.17) is 39.2 Å². The molecule has 1 aromatic carbocycles. The van der Waals surface area contributed by atoms with E-state index >= 15 is 0 Å². The highest BCUT2D eigenvalue weighted by Crippen LogP contribution is 2.72. The summed E-state index contributed by atoms with van der Waals surface area (Å²) >= 11 is 1.58. The quantitative estimate of drug-likeness (QED) is 0.0890. The maximum atomic E-state index is 13.6. The summed E-state index contributed by atoms with van der Waals surface area (Å²) in [5.41, 5.74) is 6.45. The van der Waals surface area contributed by atoms with E-state index in [-0.39, 0.29) is 32.6 Å². The number of benzene rings is 1. The second-order valence-corrected chi connectivity index (χ2v) is 28.7. The van der Waals surface area contributed by atoms with Gasteiger partial charge in [0.05, 0.1) is 35.7 Å². The molecular formula is C51H69N9O4SSi. The molecule has 0 amide bonds. The van der Waals surface area contributed by atoms with Crippen molar-refractivity contribution in [3.8, 4) is 16.9 Å². The van der Waals surface area contributed by atoms with Crippen molar-refractivity contribution in [2.24, 2.45) is 16.2 Å². The standard InChI is InChI=1S/C51H69N9O4SSi/c1-33-36-14-13-21-59(44(36)57-56-43(33)55-46-53-39-24-35(15-17-40(39)65-46)64-66(9,10)47(3,4)5)41-18-16-37(42(54-41)45(61)62-8)38-25-52-60(34(38)2)32-50-27-48(6)26-49(7,28-50)30-51(29-48,31-50)63-23-22-58-19-11-12-20-58/h15-18,24-25H,11-14,19-23,26-32H2,1-10H3,(H,53,55,56). The van der Waals surface area contributed by atoms with Gasteiger partial charge in [0, 0.05) is 53.6 Å². The molecule has 2 atom stereocenters. The van der Waals surface area contributed by atoms with Gasteiger partial charge in [-0.3, -0.25) is 4.68 Å². The number of anilines is 4. The number of aromatic nitrogens is 6. The van der Waals surface area contributed by atoms with Crippen LogP contribution in [0.15, 0.2) is 36.5 Å². The minimum absolute atomic E-state index is 0.0737. The first-order chi connectivity index (χ1) is 31.3. The fraction of sp³-hybridized carbons (Fsp3) is 0.608. The predicted octanol–water partition coefficient (Wildman–Crippen LogP) is 11.2. The summed E-state index contributed by atoms with van der Waals surface area (Å²) in [7, 11) is -0.573. The molecule has 66 heavy (non-hydrogen) atoms. The van der Waals surface area contributed by atoms with Crippen molar-refractivity contribution in [3.05, 3.63) is 59.0 Å². The van der Waals surface area contributed by atoms with Gasteiger partial charge >= 0.3 is 5.97 Å². The maximum Gasteiger partial charge on any atom is 0.357 e. The van der Waals surface area contributed by atoms with Crippen LogP contribution in [0.5, 0.6) is 5.75 Å². The smallest absolute Gasteiger partial charge is 0.357 e. The van der Waals surface area contributed by atoms with Crippen LogP contribution < -0.4 is 14.6 Å². The molecule has 6 aliphatic rings. The van der Waals surface area contributed by atoms with Gasteiger partial charge in [0.15, 0.2) is 22.5 Å². The number of carbonyl (C=O) groups is 1. The topological polar surface area (TPSA) is 133 Å². The van der Waals surface area contributed by atoms with E-state index in [1.807, 2.05) is 24.4 Å². The number of nitrogens with zero attached hydrogens (tertiary/aromatic N) is 8. The highest BCUT2D eigenvalue weighted by Gasteiger charge is 2.66. The fourth-order valence-electron chi connectivity index (χ4n) is 13.3. The zero-order valence-corrected chi connectivity index (χ0v) is 42.7. The van der Waals surface area contributed by atoms with Crippen LogP contribution >= 0.6 is 11.3 Å². The zero-order chi connectivity index (χ0) is 46.4. The van der Waals surface area contributed by atoms with Crippen molar-refractivity contribution >= 4 is 58.4 Å². The molecule has 2 aliphatic heterocycles. The van der Waals surface area contributed by atoms with Crippen molar-refractivity contribution < 1.29 is 18.7 Å². The van der Waals surface area contributed by atoms with E-state index < -0.39 is 14.3 Å². The molecule has 2 unspecified atom stereocenters. The number of nitrogens with one attached hydrogen (secondary N) is 1. The number of likely N-dealkylation sites (tertiary alicyclic amines) is 1. The van der Waals surface area contributed by atoms with Crippen molar-refractivity contribution in [2.45, 2.75) is 143 Å². The van der Waals surface area contributed by atoms with Crippen molar-refractivity contribution in [2.75, 3.05) is 50.1 Å². The molecule has 1 N–H and O–H groups in total. The summed E-state index contributed by atoms with van der Waals surface area (Å²) in [6.45, 7) is 26.3. The second-order valence-electron chi connectivity index (χ2n) is 23.0. The lowest BCUT2D eigenvalue weighted by atomic mass is 9.39. The molecule has 11 rings (SSSR count). The van der Waals surface area contributed by atoms with Crippen LogP contribution in [0.2, 0.25) is 18.1 Å². The van der Waals surface area contributed by atoms with Crippen LogP contribution in [0.1, 0.15) is 120 Å². The molecule has 13 nitrogen and oxygen atoms in total. The van der Waals surface area contributed by atoms with E-state index in [2.05, 4.69) is 93.5 Å². The number of esters is 1. The number of thiazole rings is 1. The van der Waals surface area contributed by atoms with Gasteiger partial charge in [0.1, 0.15) is 11.6 Å². The first-order valence-corrected chi connectivity index (χ1v) is 28.0. The Morgan fingerprint density at radius 2 is 1.67 bits per heavy atom. The van der Waals surface area contributed by atoms with Gasteiger partial charge in [-0.05, 0) is 150 Å². The predicted molar refractivity (Wildman–Crippen MR) is 265 cm³/mol. The number of carbonyl (C=O) groups excluding carboxylic acids is 1. The number of methoxy groups -OCH3 is 1. The zero-order valence-electron chi connectivity index (χ0n) is 40.9. The van der Waals surface area contributed by atoms with Gasteiger partial charge < -0.3 is 29.0 Å². The van der Waals surface area contributed by atoms with Crippen molar-refractivity contribution in [1.82, 2.24) is 34.8 Å². The Kier molecular flexibility index (Phi) is 11.2. The lowest BCUT2D eigenvalue weighted by Gasteiger charge is -2.69. The van der Waals surface area contributed by atoms with Crippen molar-refractivity contribution in [1.29, 1.82) is 0 Å². The van der Waals surface area contributed by atoms with Crippen molar-refractivity contribution in [3.63, 3.8) is 0 Å². The van der Waals surface area contributed by atoms with E-state index in [0.29, 0.717) is 23.7 Å². The summed E-state index contributed by atoms with van der Waals surface area (Å²) < 4.78 is 22.3. The number of ether oxygens (including phenoxy) is 2. The Morgan fingerprint density at radius 3 is 2.39 bits per heavy atom. The van der Waals surface area contributed by atoms with E-state index in [9.17, 15) is 4.79 Å². The van der Waals surface area contributed by atoms with Crippen LogP contribution in [0.4, 0.5) is 22.6 Å². The number of pyridine rings is 1. The molecule has 4 saturated carbocycles. The Morgan fingerprint density at radius 1 is 0.909 bits per heavy atom. The van der Waals surface area contributed by atoms with Crippen LogP contribution in [0, 0.1) is 30.1 Å². The molecule has 352 valence electrons. The summed E-state index contributed by atoms with van der Waals surface area (Å²) in [5.74, 6) is 2.43. The van der Waals surface area contributed by atoms with E-state index in [1.54, 1.807) is 11.3 Å². The molecular weight excluding hydrogens is 863 g/mol. The largest absolute Gasteiger partial charge is 0.543 e. The van der Waals surface area contributed by atoms with Gasteiger partial charge in [0.2, 0.25) is 8.32 Å². The van der Waals surface area contributed by atoms with Gasteiger partial charge in [-0.1, -0.05) is 46.0 Å². The highest BCUT2D eigenvalue weighted by molar-refractivity contribution is 7.22. The number of hydrogen-bond donors (Lipinski definition) is 1. The first kappa shape index (κ1) is 45.3. The number of fused-ring (bicyclic) bond motifs is 2. The van der Waals surface area contributed by atoms with Gasteiger partial charge in [-0.2, -0.15) is 5.10 Å². The Labute approximate surface area is 395 Å². The maximum absolute atomic E-state index is 13.6. The Balaban J connectivity index is 0.885. The summed E-state index contributed by atoms with van der Waals surface area (Å²) in [4.78, 5) is 28.3. The molecule has 1 saturated heterocycles. The van der Waals surface area contributed by atoms with E-state index in [1.165, 1.54) is 52.3 Å². The summed E-state index contributed by atoms with van der Waals surface area (Å²) in [6.07, 6.45) is 13.3. The molecule has 4 bridgehead atoms. The van der Waals surface area contributed by atoms with Crippen LogP contribution in [-0.4, -0.2) is 94.6 Å². The molecule has 0 spiro atoms.